The summed E-state index contributed by atoms with van der Waals surface area (Å²) in [5.41, 5.74) is 7.56. The molecule has 0 aliphatic carbocycles. The van der Waals surface area contributed by atoms with Crippen LogP contribution in [0.5, 0.6) is 0 Å². The SMILES string of the molecule is CC1(C)COCCC1Nc1ccc(CCC(N)=O)cc1. The Balaban J connectivity index is 1.94. The summed E-state index contributed by atoms with van der Waals surface area (Å²) < 4.78 is 5.54. The molecule has 4 heteroatoms. The molecule has 1 heterocycles. The van der Waals surface area contributed by atoms with Crippen molar-refractivity contribution in [2.45, 2.75) is 39.2 Å². The minimum Gasteiger partial charge on any atom is -0.382 e. The quantitative estimate of drug-likeness (QED) is 0.867. The minimum absolute atomic E-state index is 0.142. The first kappa shape index (κ1) is 14.9. The summed E-state index contributed by atoms with van der Waals surface area (Å²) in [6, 6.07) is 8.67. The van der Waals surface area contributed by atoms with Crippen LogP contribution in [0.1, 0.15) is 32.3 Å². The Labute approximate surface area is 120 Å². The van der Waals surface area contributed by atoms with Gasteiger partial charge in [-0.25, -0.2) is 0 Å². The van der Waals surface area contributed by atoms with Crippen molar-refractivity contribution >= 4 is 11.6 Å². The third kappa shape index (κ3) is 3.97. The molecule has 0 bridgehead atoms. The van der Waals surface area contributed by atoms with Gasteiger partial charge in [0, 0.05) is 30.2 Å². The van der Waals surface area contributed by atoms with Gasteiger partial charge in [0.1, 0.15) is 0 Å². The molecule has 0 aromatic heterocycles. The third-order valence-corrected chi connectivity index (χ3v) is 3.92. The first-order chi connectivity index (χ1) is 9.47. The van der Waals surface area contributed by atoms with Gasteiger partial charge < -0.3 is 15.8 Å². The summed E-state index contributed by atoms with van der Waals surface area (Å²) in [4.78, 5) is 10.8. The molecule has 110 valence electrons. The van der Waals surface area contributed by atoms with Gasteiger partial charge in [-0.15, -0.1) is 0 Å². The van der Waals surface area contributed by atoms with Gasteiger partial charge in [-0.05, 0) is 30.5 Å². The van der Waals surface area contributed by atoms with Crippen molar-refractivity contribution in [1.29, 1.82) is 0 Å². The Morgan fingerprint density at radius 1 is 1.40 bits per heavy atom. The van der Waals surface area contributed by atoms with E-state index in [1.54, 1.807) is 0 Å². The average molecular weight is 276 g/mol. The van der Waals surface area contributed by atoms with Crippen molar-refractivity contribution in [2.24, 2.45) is 11.1 Å². The fourth-order valence-corrected chi connectivity index (χ4v) is 2.53. The van der Waals surface area contributed by atoms with Crippen molar-refractivity contribution < 1.29 is 9.53 Å². The molecule has 0 spiro atoms. The standard InChI is InChI=1S/C16H24N2O2/c1-16(2)11-20-10-9-14(16)18-13-6-3-12(4-7-13)5-8-15(17)19/h3-4,6-7,14,18H,5,8-11H2,1-2H3,(H2,17,19). The summed E-state index contributed by atoms with van der Waals surface area (Å²) in [5.74, 6) is -0.254. The highest BCUT2D eigenvalue weighted by Gasteiger charge is 2.32. The molecule has 1 aromatic carbocycles. The normalized spacial score (nSPS) is 21.4. The van der Waals surface area contributed by atoms with E-state index in [-0.39, 0.29) is 11.3 Å². The number of hydrogen-bond donors (Lipinski definition) is 2. The highest BCUT2D eigenvalue weighted by atomic mass is 16.5. The Bertz CT molecular complexity index is 454. The first-order valence-electron chi connectivity index (χ1n) is 7.19. The number of carbonyl (C=O) groups excluding carboxylic acids is 1. The third-order valence-electron chi connectivity index (χ3n) is 3.92. The number of nitrogens with one attached hydrogen (secondary N) is 1. The molecule has 0 radical (unpaired) electrons. The molecule has 0 saturated carbocycles. The zero-order chi connectivity index (χ0) is 14.6. The molecule has 1 unspecified atom stereocenters. The van der Waals surface area contributed by atoms with Crippen LogP contribution in [-0.2, 0) is 16.0 Å². The van der Waals surface area contributed by atoms with E-state index in [4.69, 9.17) is 10.5 Å². The molecule has 1 saturated heterocycles. The number of rotatable bonds is 5. The van der Waals surface area contributed by atoms with Gasteiger partial charge in [0.25, 0.3) is 0 Å². The van der Waals surface area contributed by atoms with Gasteiger partial charge in [0.05, 0.1) is 6.61 Å². The van der Waals surface area contributed by atoms with Crippen LogP contribution < -0.4 is 11.1 Å². The van der Waals surface area contributed by atoms with Crippen LogP contribution in [0, 0.1) is 5.41 Å². The maximum absolute atomic E-state index is 10.8. The van der Waals surface area contributed by atoms with E-state index in [9.17, 15) is 4.79 Å². The summed E-state index contributed by atoms with van der Waals surface area (Å²) in [6.07, 6.45) is 2.13. The van der Waals surface area contributed by atoms with E-state index in [0.29, 0.717) is 18.9 Å². The minimum atomic E-state index is -0.254. The van der Waals surface area contributed by atoms with Crippen molar-refractivity contribution in [3.8, 4) is 0 Å². The molecule has 1 amide bonds. The molecule has 1 aromatic rings. The Kier molecular flexibility index (Phi) is 4.65. The summed E-state index contributed by atoms with van der Waals surface area (Å²) in [6.45, 7) is 6.06. The predicted molar refractivity (Wildman–Crippen MR) is 80.6 cm³/mol. The van der Waals surface area contributed by atoms with Crippen LogP contribution in [0.2, 0.25) is 0 Å². The number of nitrogens with two attached hydrogens (primary N) is 1. The highest BCUT2D eigenvalue weighted by Crippen LogP contribution is 2.30. The van der Waals surface area contributed by atoms with Gasteiger partial charge in [-0.3, -0.25) is 4.79 Å². The number of ether oxygens (including phenoxy) is 1. The highest BCUT2D eigenvalue weighted by molar-refractivity contribution is 5.74. The summed E-state index contributed by atoms with van der Waals surface area (Å²) in [5, 5.41) is 3.59. The largest absolute Gasteiger partial charge is 0.382 e. The molecule has 2 rings (SSSR count). The first-order valence-corrected chi connectivity index (χ1v) is 7.19. The second-order valence-corrected chi connectivity index (χ2v) is 6.19. The number of primary amides is 1. The number of anilines is 1. The van der Waals surface area contributed by atoms with Crippen LogP contribution in [0.3, 0.4) is 0 Å². The van der Waals surface area contributed by atoms with E-state index < -0.39 is 0 Å². The second kappa shape index (κ2) is 6.27. The van der Waals surface area contributed by atoms with Gasteiger partial charge in [0.2, 0.25) is 5.91 Å². The van der Waals surface area contributed by atoms with Crippen molar-refractivity contribution in [3.05, 3.63) is 29.8 Å². The van der Waals surface area contributed by atoms with Crippen LogP contribution >= 0.6 is 0 Å². The van der Waals surface area contributed by atoms with E-state index in [0.717, 1.165) is 30.9 Å². The zero-order valence-corrected chi connectivity index (χ0v) is 12.3. The summed E-state index contributed by atoms with van der Waals surface area (Å²) in [7, 11) is 0. The van der Waals surface area contributed by atoms with E-state index in [2.05, 4.69) is 43.4 Å². The van der Waals surface area contributed by atoms with Crippen molar-refractivity contribution in [1.82, 2.24) is 0 Å². The van der Waals surface area contributed by atoms with Crippen LogP contribution in [0.4, 0.5) is 5.69 Å². The lowest BCUT2D eigenvalue weighted by molar-refractivity contribution is -0.117. The fraction of sp³-hybridized carbons (Fsp3) is 0.562. The smallest absolute Gasteiger partial charge is 0.217 e. The molecule has 1 aliphatic heterocycles. The van der Waals surface area contributed by atoms with Gasteiger partial charge in [-0.1, -0.05) is 26.0 Å². The maximum Gasteiger partial charge on any atom is 0.217 e. The molecule has 20 heavy (non-hydrogen) atoms. The molecule has 3 N–H and O–H groups in total. The fourth-order valence-electron chi connectivity index (χ4n) is 2.53. The molecule has 1 aliphatic rings. The number of carbonyl (C=O) groups is 1. The van der Waals surface area contributed by atoms with Gasteiger partial charge in [0.15, 0.2) is 0 Å². The molecule has 1 atom stereocenters. The topological polar surface area (TPSA) is 64.3 Å². The van der Waals surface area contributed by atoms with Crippen LogP contribution in [0.25, 0.3) is 0 Å². The van der Waals surface area contributed by atoms with Crippen molar-refractivity contribution in [2.75, 3.05) is 18.5 Å². The monoisotopic (exact) mass is 276 g/mol. The molecule has 4 nitrogen and oxygen atoms in total. The van der Waals surface area contributed by atoms with E-state index >= 15 is 0 Å². The van der Waals surface area contributed by atoms with Crippen LogP contribution in [-0.4, -0.2) is 25.2 Å². The number of amides is 1. The Morgan fingerprint density at radius 3 is 2.70 bits per heavy atom. The lowest BCUT2D eigenvalue weighted by Gasteiger charge is -2.39. The second-order valence-electron chi connectivity index (χ2n) is 6.19. The maximum atomic E-state index is 10.8. The molecule has 1 fully saturated rings. The summed E-state index contributed by atoms with van der Waals surface area (Å²) >= 11 is 0. The zero-order valence-electron chi connectivity index (χ0n) is 12.3. The number of aryl methyl sites for hydroxylation is 1. The predicted octanol–water partition coefficient (Wildman–Crippen LogP) is 2.33. The Hall–Kier alpha value is -1.55. The Morgan fingerprint density at radius 2 is 2.10 bits per heavy atom. The molecular formula is C16H24N2O2. The lowest BCUT2D eigenvalue weighted by Crippen LogP contribution is -2.44. The van der Waals surface area contributed by atoms with Crippen LogP contribution in [0.15, 0.2) is 24.3 Å². The molecular weight excluding hydrogens is 252 g/mol. The van der Waals surface area contributed by atoms with Crippen molar-refractivity contribution in [3.63, 3.8) is 0 Å². The average Bonchev–Trinajstić information content (AvgIpc) is 2.40. The number of benzene rings is 1. The van der Waals surface area contributed by atoms with Gasteiger partial charge in [-0.2, -0.15) is 0 Å². The van der Waals surface area contributed by atoms with E-state index in [1.807, 2.05) is 0 Å². The van der Waals surface area contributed by atoms with E-state index in [1.165, 1.54) is 0 Å². The number of hydrogen-bond acceptors (Lipinski definition) is 3. The van der Waals surface area contributed by atoms with Gasteiger partial charge >= 0.3 is 0 Å². The lowest BCUT2D eigenvalue weighted by atomic mass is 9.82.